The van der Waals surface area contributed by atoms with Crippen molar-refractivity contribution in [1.29, 1.82) is 0 Å². The van der Waals surface area contributed by atoms with Gasteiger partial charge in [-0.15, -0.1) is 0 Å². The van der Waals surface area contributed by atoms with E-state index in [9.17, 15) is 0 Å². The van der Waals surface area contributed by atoms with Crippen molar-refractivity contribution in [2.45, 2.75) is 13.3 Å². The van der Waals surface area contributed by atoms with Crippen LogP contribution in [0, 0.1) is 0 Å². The molecule has 0 N–H and O–H groups in total. The zero-order valence-corrected chi connectivity index (χ0v) is 10.5. The molecule has 2 heteroatoms. The molecule has 0 aliphatic rings. The van der Waals surface area contributed by atoms with Gasteiger partial charge in [0.2, 0.25) is 0 Å². The summed E-state index contributed by atoms with van der Waals surface area (Å²) in [6.07, 6.45) is 0.896. The SMILES string of the molecule is CCc1ccc(-c2ccccc2)c(Cl)c1Cl. The van der Waals surface area contributed by atoms with Crippen LogP contribution in [-0.4, -0.2) is 0 Å². The van der Waals surface area contributed by atoms with Crippen LogP contribution in [-0.2, 0) is 6.42 Å². The highest BCUT2D eigenvalue weighted by atomic mass is 35.5. The highest BCUT2D eigenvalue weighted by Crippen LogP contribution is 2.35. The van der Waals surface area contributed by atoms with Gasteiger partial charge in [0.1, 0.15) is 0 Å². The first kappa shape index (κ1) is 11.5. The molecule has 0 radical (unpaired) electrons. The summed E-state index contributed by atoms with van der Waals surface area (Å²) in [6.45, 7) is 2.07. The van der Waals surface area contributed by atoms with Gasteiger partial charge in [0, 0.05) is 5.56 Å². The summed E-state index contributed by atoms with van der Waals surface area (Å²) < 4.78 is 0. The lowest BCUT2D eigenvalue weighted by Gasteiger charge is -2.09. The lowest BCUT2D eigenvalue weighted by atomic mass is 10.0. The topological polar surface area (TPSA) is 0 Å². The average Bonchev–Trinajstić information content (AvgIpc) is 2.34. The zero-order valence-electron chi connectivity index (χ0n) is 9.00. The van der Waals surface area contributed by atoms with Gasteiger partial charge < -0.3 is 0 Å². The third-order valence-electron chi connectivity index (χ3n) is 2.63. The van der Waals surface area contributed by atoms with Gasteiger partial charge in [-0.3, -0.25) is 0 Å². The van der Waals surface area contributed by atoms with Gasteiger partial charge in [-0.25, -0.2) is 0 Å². The van der Waals surface area contributed by atoms with Crippen molar-refractivity contribution in [2.24, 2.45) is 0 Å². The summed E-state index contributed by atoms with van der Waals surface area (Å²) >= 11 is 12.5. The predicted octanol–water partition coefficient (Wildman–Crippen LogP) is 5.22. The van der Waals surface area contributed by atoms with Gasteiger partial charge in [-0.2, -0.15) is 0 Å². The Balaban J connectivity index is 2.56. The molecular formula is C14H12Cl2. The Labute approximate surface area is 106 Å². The standard InChI is InChI=1S/C14H12Cl2/c1-2-10-8-9-12(14(16)13(10)15)11-6-4-3-5-7-11/h3-9H,2H2,1H3. The first-order chi connectivity index (χ1) is 7.74. The average molecular weight is 251 g/mol. The number of halogens is 2. The van der Waals surface area contributed by atoms with Crippen molar-refractivity contribution in [3.63, 3.8) is 0 Å². The molecule has 2 rings (SSSR count). The van der Waals surface area contributed by atoms with Crippen molar-refractivity contribution in [3.8, 4) is 11.1 Å². The minimum absolute atomic E-state index is 0.646. The van der Waals surface area contributed by atoms with Crippen LogP contribution < -0.4 is 0 Å². The molecule has 0 nitrogen and oxygen atoms in total. The molecule has 0 fully saturated rings. The molecule has 0 aromatic heterocycles. The van der Waals surface area contributed by atoms with E-state index in [-0.39, 0.29) is 0 Å². The van der Waals surface area contributed by atoms with Crippen LogP contribution in [0.5, 0.6) is 0 Å². The van der Waals surface area contributed by atoms with Gasteiger partial charge >= 0.3 is 0 Å². The van der Waals surface area contributed by atoms with E-state index in [4.69, 9.17) is 23.2 Å². The number of hydrogen-bond acceptors (Lipinski definition) is 0. The first-order valence-electron chi connectivity index (χ1n) is 5.26. The third kappa shape index (κ3) is 2.09. The largest absolute Gasteiger partial charge is 0.0824 e. The summed E-state index contributed by atoms with van der Waals surface area (Å²) in [4.78, 5) is 0. The molecule has 0 bridgehead atoms. The Bertz CT molecular complexity index is 490. The predicted molar refractivity (Wildman–Crippen MR) is 71.3 cm³/mol. The molecule has 0 saturated carbocycles. The molecule has 0 unspecified atom stereocenters. The summed E-state index contributed by atoms with van der Waals surface area (Å²) in [6, 6.07) is 14.1. The fraction of sp³-hybridized carbons (Fsp3) is 0.143. The number of rotatable bonds is 2. The summed E-state index contributed by atoms with van der Waals surface area (Å²) in [5, 5.41) is 1.32. The van der Waals surface area contributed by atoms with Gasteiger partial charge in [0.25, 0.3) is 0 Å². The van der Waals surface area contributed by atoms with Gasteiger partial charge in [-0.05, 0) is 17.5 Å². The van der Waals surface area contributed by atoms with Crippen LogP contribution in [0.4, 0.5) is 0 Å². The van der Waals surface area contributed by atoms with E-state index >= 15 is 0 Å². The van der Waals surface area contributed by atoms with E-state index < -0.39 is 0 Å². The quantitative estimate of drug-likeness (QED) is 0.686. The van der Waals surface area contributed by atoms with Crippen molar-refractivity contribution in [2.75, 3.05) is 0 Å². The van der Waals surface area contributed by atoms with E-state index in [1.165, 1.54) is 0 Å². The zero-order chi connectivity index (χ0) is 11.5. The summed E-state index contributed by atoms with van der Waals surface area (Å²) in [7, 11) is 0. The number of benzene rings is 2. The second-order valence-electron chi connectivity index (χ2n) is 3.62. The molecule has 0 spiro atoms. The highest BCUT2D eigenvalue weighted by molar-refractivity contribution is 6.44. The first-order valence-corrected chi connectivity index (χ1v) is 6.02. The van der Waals surface area contributed by atoms with Crippen molar-refractivity contribution in [3.05, 3.63) is 58.1 Å². The van der Waals surface area contributed by atoms with Crippen LogP contribution in [0.2, 0.25) is 10.0 Å². The summed E-state index contributed by atoms with van der Waals surface area (Å²) in [5.41, 5.74) is 3.17. The molecule has 82 valence electrons. The molecule has 0 heterocycles. The fourth-order valence-corrected chi connectivity index (χ4v) is 2.30. The Morgan fingerprint density at radius 1 is 0.875 bits per heavy atom. The maximum atomic E-state index is 6.28. The van der Waals surface area contributed by atoms with Crippen LogP contribution in [0.3, 0.4) is 0 Å². The fourth-order valence-electron chi connectivity index (χ4n) is 1.70. The Kier molecular flexibility index (Phi) is 3.52. The Morgan fingerprint density at radius 3 is 2.19 bits per heavy atom. The second-order valence-corrected chi connectivity index (χ2v) is 4.38. The lowest BCUT2D eigenvalue weighted by molar-refractivity contribution is 1.14. The van der Waals surface area contributed by atoms with Crippen molar-refractivity contribution < 1.29 is 0 Å². The van der Waals surface area contributed by atoms with E-state index in [0.29, 0.717) is 10.0 Å². The smallest absolute Gasteiger partial charge is 0.0673 e. The van der Waals surface area contributed by atoms with Crippen molar-refractivity contribution in [1.82, 2.24) is 0 Å². The lowest BCUT2D eigenvalue weighted by Crippen LogP contribution is -1.86. The van der Waals surface area contributed by atoms with Gasteiger partial charge in [-0.1, -0.05) is 72.6 Å². The number of hydrogen-bond donors (Lipinski definition) is 0. The molecule has 2 aromatic rings. The van der Waals surface area contributed by atoms with E-state index in [0.717, 1.165) is 23.1 Å². The van der Waals surface area contributed by atoms with Crippen LogP contribution in [0.1, 0.15) is 12.5 Å². The number of aryl methyl sites for hydroxylation is 1. The molecule has 2 aromatic carbocycles. The normalized spacial score (nSPS) is 10.4. The Morgan fingerprint density at radius 2 is 1.56 bits per heavy atom. The van der Waals surface area contributed by atoms with E-state index in [2.05, 4.69) is 6.92 Å². The monoisotopic (exact) mass is 250 g/mol. The molecular weight excluding hydrogens is 239 g/mol. The molecule has 0 amide bonds. The second kappa shape index (κ2) is 4.90. The van der Waals surface area contributed by atoms with Crippen LogP contribution in [0.25, 0.3) is 11.1 Å². The third-order valence-corrected chi connectivity index (χ3v) is 3.55. The molecule has 0 aliphatic carbocycles. The Hall–Kier alpha value is -0.980. The van der Waals surface area contributed by atoms with Crippen LogP contribution in [0.15, 0.2) is 42.5 Å². The maximum absolute atomic E-state index is 6.28. The van der Waals surface area contributed by atoms with Crippen molar-refractivity contribution >= 4 is 23.2 Å². The molecule has 0 saturated heterocycles. The van der Waals surface area contributed by atoms with Gasteiger partial charge in [0.05, 0.1) is 10.0 Å². The minimum Gasteiger partial charge on any atom is -0.0824 e. The molecule has 16 heavy (non-hydrogen) atoms. The highest BCUT2D eigenvalue weighted by Gasteiger charge is 2.09. The van der Waals surface area contributed by atoms with E-state index in [1.54, 1.807) is 0 Å². The van der Waals surface area contributed by atoms with Gasteiger partial charge in [0.15, 0.2) is 0 Å². The summed E-state index contributed by atoms with van der Waals surface area (Å²) in [5.74, 6) is 0. The minimum atomic E-state index is 0.646. The molecule has 0 atom stereocenters. The molecule has 0 aliphatic heterocycles. The maximum Gasteiger partial charge on any atom is 0.0673 e. The van der Waals surface area contributed by atoms with Crippen LogP contribution >= 0.6 is 23.2 Å². The van der Waals surface area contributed by atoms with E-state index in [1.807, 2.05) is 42.5 Å².